The lowest BCUT2D eigenvalue weighted by molar-refractivity contribution is -0.108. The number of hydrogen-bond donors (Lipinski definition) is 1. The molecule has 3 rings (SSSR count). The third kappa shape index (κ3) is 2.21. The highest BCUT2D eigenvalue weighted by molar-refractivity contribution is 7.98. The Balaban J connectivity index is 2.05. The van der Waals surface area contributed by atoms with Crippen LogP contribution in [-0.2, 0) is 0 Å². The Kier molecular flexibility index (Phi) is 3.82. The fourth-order valence-corrected chi connectivity index (χ4v) is 4.12. The molecule has 3 nitrogen and oxygen atoms in total. The van der Waals surface area contributed by atoms with Crippen LogP contribution in [0.2, 0.25) is 0 Å². The van der Waals surface area contributed by atoms with Gasteiger partial charge in [0.25, 0.3) is 0 Å². The zero-order chi connectivity index (χ0) is 15.2. The first-order chi connectivity index (χ1) is 9.99. The summed E-state index contributed by atoms with van der Waals surface area (Å²) in [5.41, 5.74) is 2.05. The van der Waals surface area contributed by atoms with Crippen molar-refractivity contribution in [3.63, 3.8) is 0 Å². The van der Waals surface area contributed by atoms with E-state index in [1.54, 1.807) is 0 Å². The highest BCUT2D eigenvalue weighted by Crippen LogP contribution is 2.48. The maximum Gasteiger partial charge on any atom is 0.186 e. The summed E-state index contributed by atoms with van der Waals surface area (Å²) >= 11 is 7.44. The smallest absolute Gasteiger partial charge is 0.186 e. The Morgan fingerprint density at radius 2 is 2.24 bits per heavy atom. The molecule has 3 unspecified atom stereocenters. The molecule has 2 aliphatic rings. The number of nitrogens with zero attached hydrogens (tertiary/aromatic N) is 1. The highest BCUT2D eigenvalue weighted by atomic mass is 32.2. The van der Waals surface area contributed by atoms with Crippen molar-refractivity contribution in [2.24, 2.45) is 5.92 Å². The second kappa shape index (κ2) is 5.36. The van der Waals surface area contributed by atoms with Crippen LogP contribution in [-0.4, -0.2) is 34.3 Å². The second-order valence-corrected chi connectivity index (χ2v) is 7.38. The standard InChI is InChI=1S/C16H22N2OS2/c1-10-6-5-7-12-13-11(2)16(3,19-14(10)12)18(8-9-21-4)15(20)17-13/h5-7,11,13H,8-9H2,1-4H3,(H,17,20). The van der Waals surface area contributed by atoms with Gasteiger partial charge < -0.3 is 15.0 Å². The van der Waals surface area contributed by atoms with Gasteiger partial charge in [-0.25, -0.2) is 0 Å². The van der Waals surface area contributed by atoms with E-state index >= 15 is 0 Å². The van der Waals surface area contributed by atoms with E-state index in [0.717, 1.165) is 23.2 Å². The zero-order valence-electron chi connectivity index (χ0n) is 13.0. The predicted molar refractivity (Wildman–Crippen MR) is 92.9 cm³/mol. The maximum atomic E-state index is 6.50. The minimum Gasteiger partial charge on any atom is -0.467 e. The quantitative estimate of drug-likeness (QED) is 0.861. The Hall–Kier alpha value is -0.940. The summed E-state index contributed by atoms with van der Waals surface area (Å²) in [6.45, 7) is 7.44. The average Bonchev–Trinajstić information content (AvgIpc) is 2.44. The normalized spacial score (nSPS) is 30.5. The van der Waals surface area contributed by atoms with Gasteiger partial charge in [-0.2, -0.15) is 11.8 Å². The van der Waals surface area contributed by atoms with Crippen LogP contribution in [0.5, 0.6) is 5.75 Å². The average molecular weight is 322 g/mol. The minimum atomic E-state index is -0.373. The van der Waals surface area contributed by atoms with Crippen LogP contribution in [0.3, 0.4) is 0 Å². The molecule has 0 aliphatic carbocycles. The topological polar surface area (TPSA) is 24.5 Å². The number of thioether (sulfide) groups is 1. The van der Waals surface area contributed by atoms with Crippen LogP contribution in [0.25, 0.3) is 0 Å². The van der Waals surface area contributed by atoms with Gasteiger partial charge in [0.05, 0.1) is 6.04 Å². The zero-order valence-corrected chi connectivity index (χ0v) is 14.6. The third-order valence-electron chi connectivity index (χ3n) is 4.81. The lowest BCUT2D eigenvalue weighted by Gasteiger charge is -2.56. The molecule has 0 aromatic heterocycles. The van der Waals surface area contributed by atoms with Crippen LogP contribution in [0.4, 0.5) is 0 Å². The number of rotatable bonds is 3. The lowest BCUT2D eigenvalue weighted by Crippen LogP contribution is -2.69. The van der Waals surface area contributed by atoms with Crippen molar-refractivity contribution in [2.45, 2.75) is 32.5 Å². The van der Waals surface area contributed by atoms with Gasteiger partial charge in [0.15, 0.2) is 10.8 Å². The van der Waals surface area contributed by atoms with E-state index in [-0.39, 0.29) is 11.8 Å². The molecule has 0 spiro atoms. The first-order valence-electron chi connectivity index (χ1n) is 7.34. The predicted octanol–water partition coefficient (Wildman–Crippen LogP) is 3.33. The number of ether oxygens (including phenoxy) is 1. The summed E-state index contributed by atoms with van der Waals surface area (Å²) in [5, 5.41) is 4.34. The number of thiocarbonyl (C=S) groups is 1. The van der Waals surface area contributed by atoms with Gasteiger partial charge in [-0.05, 0) is 37.9 Å². The first kappa shape index (κ1) is 15.0. The molecule has 114 valence electrons. The Morgan fingerprint density at radius 1 is 1.48 bits per heavy atom. The summed E-state index contributed by atoms with van der Waals surface area (Å²) in [6, 6.07) is 6.59. The van der Waals surface area contributed by atoms with Crippen LogP contribution >= 0.6 is 24.0 Å². The molecular formula is C16H22N2OS2. The van der Waals surface area contributed by atoms with E-state index in [2.05, 4.69) is 55.4 Å². The van der Waals surface area contributed by atoms with Crippen molar-refractivity contribution in [1.82, 2.24) is 10.2 Å². The molecule has 1 aromatic carbocycles. The van der Waals surface area contributed by atoms with Gasteiger partial charge in [-0.3, -0.25) is 0 Å². The lowest BCUT2D eigenvalue weighted by atomic mass is 9.80. The van der Waals surface area contributed by atoms with Gasteiger partial charge >= 0.3 is 0 Å². The van der Waals surface area contributed by atoms with Crippen molar-refractivity contribution in [1.29, 1.82) is 0 Å². The van der Waals surface area contributed by atoms with Crippen molar-refractivity contribution < 1.29 is 4.74 Å². The van der Waals surface area contributed by atoms with Crippen molar-refractivity contribution >= 4 is 29.1 Å². The molecule has 0 radical (unpaired) electrons. The third-order valence-corrected chi connectivity index (χ3v) is 5.74. The van der Waals surface area contributed by atoms with Gasteiger partial charge in [-0.15, -0.1) is 0 Å². The number of hydrogen-bond acceptors (Lipinski definition) is 3. The molecular weight excluding hydrogens is 300 g/mol. The SMILES string of the molecule is CSCCN1C(=S)NC2c3cccc(C)c3OC1(C)C2C. The highest BCUT2D eigenvalue weighted by Gasteiger charge is 2.53. The second-order valence-electron chi connectivity index (χ2n) is 6.01. The molecule has 21 heavy (non-hydrogen) atoms. The Labute approximate surface area is 136 Å². The molecule has 0 saturated carbocycles. The summed E-state index contributed by atoms with van der Waals surface area (Å²) in [6.07, 6.45) is 2.12. The monoisotopic (exact) mass is 322 g/mol. The minimum absolute atomic E-state index is 0.233. The van der Waals surface area contributed by atoms with Crippen LogP contribution in [0.15, 0.2) is 18.2 Å². The van der Waals surface area contributed by atoms with Crippen molar-refractivity contribution in [2.75, 3.05) is 18.6 Å². The summed E-state index contributed by atoms with van der Waals surface area (Å²) in [7, 11) is 0. The molecule has 2 bridgehead atoms. The number of benzene rings is 1. The number of nitrogens with one attached hydrogen (secondary N) is 1. The van der Waals surface area contributed by atoms with Crippen molar-refractivity contribution in [3.05, 3.63) is 29.3 Å². The molecule has 1 aromatic rings. The van der Waals surface area contributed by atoms with E-state index in [9.17, 15) is 0 Å². The molecule has 0 amide bonds. The number of aryl methyl sites for hydroxylation is 1. The maximum absolute atomic E-state index is 6.50. The summed E-state index contributed by atoms with van der Waals surface area (Å²) in [4.78, 5) is 2.22. The molecule has 1 N–H and O–H groups in total. The Morgan fingerprint density at radius 3 is 2.95 bits per heavy atom. The molecule has 1 saturated heterocycles. The van der Waals surface area contributed by atoms with E-state index in [0.29, 0.717) is 5.92 Å². The molecule has 3 atom stereocenters. The van der Waals surface area contributed by atoms with E-state index in [1.807, 2.05) is 11.8 Å². The molecule has 1 fully saturated rings. The van der Waals surface area contributed by atoms with Gasteiger partial charge in [0.2, 0.25) is 0 Å². The van der Waals surface area contributed by atoms with E-state index in [1.165, 1.54) is 11.1 Å². The molecule has 2 heterocycles. The number of para-hydroxylation sites is 1. The van der Waals surface area contributed by atoms with Crippen LogP contribution in [0, 0.1) is 12.8 Å². The van der Waals surface area contributed by atoms with Gasteiger partial charge in [0.1, 0.15) is 5.75 Å². The molecule has 5 heteroatoms. The fraction of sp³-hybridized carbons (Fsp3) is 0.562. The van der Waals surface area contributed by atoms with Gasteiger partial charge in [-0.1, -0.05) is 25.1 Å². The summed E-state index contributed by atoms with van der Waals surface area (Å²) in [5.74, 6) is 2.39. The number of fused-ring (bicyclic) bond motifs is 4. The van der Waals surface area contributed by atoms with Gasteiger partial charge in [0, 0.05) is 23.8 Å². The summed E-state index contributed by atoms with van der Waals surface area (Å²) < 4.78 is 6.50. The molecule has 2 aliphatic heterocycles. The largest absolute Gasteiger partial charge is 0.467 e. The fourth-order valence-electron chi connectivity index (χ4n) is 3.36. The van der Waals surface area contributed by atoms with Crippen LogP contribution < -0.4 is 10.1 Å². The van der Waals surface area contributed by atoms with E-state index < -0.39 is 0 Å². The Bertz CT molecular complexity index is 577. The first-order valence-corrected chi connectivity index (χ1v) is 9.15. The van der Waals surface area contributed by atoms with E-state index in [4.69, 9.17) is 17.0 Å². The van der Waals surface area contributed by atoms with Crippen LogP contribution in [0.1, 0.15) is 31.0 Å². The van der Waals surface area contributed by atoms with Crippen molar-refractivity contribution in [3.8, 4) is 5.75 Å².